The van der Waals surface area contributed by atoms with Gasteiger partial charge in [0.25, 0.3) is 0 Å². The molecule has 11 heteroatoms. The van der Waals surface area contributed by atoms with Gasteiger partial charge in [0.15, 0.2) is 0 Å². The summed E-state index contributed by atoms with van der Waals surface area (Å²) in [4.78, 5) is 17.7. The molecule has 1 aliphatic heterocycles. The molecule has 0 bridgehead atoms. The maximum atomic E-state index is 5.66. The lowest BCUT2D eigenvalue weighted by molar-refractivity contribution is 0.0547. The molecule has 0 spiro atoms. The Kier molecular flexibility index (Phi) is 10.2. The van der Waals surface area contributed by atoms with E-state index in [1.807, 2.05) is 18.2 Å². The number of aromatic nitrogens is 4. The number of nitrogens with one attached hydrogen (secondary N) is 3. The van der Waals surface area contributed by atoms with Crippen LogP contribution in [0.3, 0.4) is 0 Å². The average molecular weight is 433 g/mol. The molecule has 3 rings (SSSR count). The predicted octanol–water partition coefficient (Wildman–Crippen LogP) is 0.873. The maximum absolute atomic E-state index is 5.66. The molecule has 0 radical (unpaired) electrons. The van der Waals surface area contributed by atoms with Crippen molar-refractivity contribution in [3.8, 4) is 0 Å². The van der Waals surface area contributed by atoms with Gasteiger partial charge in [-0.15, -0.1) is 0 Å². The minimum absolute atomic E-state index is 0.188. The largest absolute Gasteiger partial charge is 0.378 e. The SMILES string of the molecule is NCCOCCOCCNc1nc(NCc2ccccn2)nc(NCC2CCCO2)n1. The molecular formula is C20H32N8O3. The molecular weight excluding hydrogens is 400 g/mol. The van der Waals surface area contributed by atoms with Crippen LogP contribution in [-0.4, -0.2) is 78.7 Å². The van der Waals surface area contributed by atoms with Gasteiger partial charge in [-0.25, -0.2) is 0 Å². The van der Waals surface area contributed by atoms with Crippen molar-refractivity contribution < 1.29 is 14.2 Å². The number of ether oxygens (including phenoxy) is 3. The van der Waals surface area contributed by atoms with Crippen LogP contribution in [-0.2, 0) is 20.8 Å². The minimum atomic E-state index is 0.188. The van der Waals surface area contributed by atoms with E-state index in [0.29, 0.717) is 70.5 Å². The maximum Gasteiger partial charge on any atom is 0.229 e. The van der Waals surface area contributed by atoms with Crippen LogP contribution in [0.2, 0.25) is 0 Å². The van der Waals surface area contributed by atoms with E-state index >= 15 is 0 Å². The predicted molar refractivity (Wildman–Crippen MR) is 118 cm³/mol. The van der Waals surface area contributed by atoms with E-state index in [0.717, 1.165) is 25.1 Å². The van der Waals surface area contributed by atoms with Crippen LogP contribution in [0.4, 0.5) is 17.8 Å². The number of nitrogens with zero attached hydrogens (tertiary/aromatic N) is 4. The van der Waals surface area contributed by atoms with Gasteiger partial charge >= 0.3 is 0 Å². The van der Waals surface area contributed by atoms with E-state index in [1.165, 1.54) is 0 Å². The number of rotatable bonds is 15. The summed E-state index contributed by atoms with van der Waals surface area (Å²) in [5.41, 5.74) is 6.28. The lowest BCUT2D eigenvalue weighted by Gasteiger charge is -2.13. The Labute approximate surface area is 182 Å². The third-order valence-corrected chi connectivity index (χ3v) is 4.46. The summed E-state index contributed by atoms with van der Waals surface area (Å²) in [6.45, 7) is 5.16. The smallest absolute Gasteiger partial charge is 0.229 e. The van der Waals surface area contributed by atoms with E-state index in [2.05, 4.69) is 35.9 Å². The van der Waals surface area contributed by atoms with Gasteiger partial charge in [-0.2, -0.15) is 15.0 Å². The van der Waals surface area contributed by atoms with Crippen molar-refractivity contribution in [1.82, 2.24) is 19.9 Å². The Morgan fingerprint density at radius 1 is 0.968 bits per heavy atom. The van der Waals surface area contributed by atoms with E-state index < -0.39 is 0 Å². The van der Waals surface area contributed by atoms with E-state index in [-0.39, 0.29) is 6.10 Å². The molecule has 0 aromatic carbocycles. The number of nitrogens with two attached hydrogens (primary N) is 1. The second-order valence-corrected chi connectivity index (χ2v) is 6.94. The van der Waals surface area contributed by atoms with Crippen molar-refractivity contribution in [2.45, 2.75) is 25.5 Å². The molecule has 1 unspecified atom stereocenters. The highest BCUT2D eigenvalue weighted by molar-refractivity contribution is 5.42. The summed E-state index contributed by atoms with van der Waals surface area (Å²) in [5.74, 6) is 1.43. The first-order valence-electron chi connectivity index (χ1n) is 10.7. The van der Waals surface area contributed by atoms with Crippen molar-refractivity contribution >= 4 is 17.8 Å². The summed E-state index contributed by atoms with van der Waals surface area (Å²) in [6.07, 6.45) is 4.07. The number of pyridine rings is 1. The van der Waals surface area contributed by atoms with Crippen LogP contribution in [0.5, 0.6) is 0 Å². The van der Waals surface area contributed by atoms with Crippen LogP contribution in [0.1, 0.15) is 18.5 Å². The van der Waals surface area contributed by atoms with Gasteiger partial charge in [0.05, 0.1) is 44.8 Å². The molecule has 170 valence electrons. The van der Waals surface area contributed by atoms with E-state index in [1.54, 1.807) is 6.20 Å². The second-order valence-electron chi connectivity index (χ2n) is 6.94. The molecule has 31 heavy (non-hydrogen) atoms. The van der Waals surface area contributed by atoms with Gasteiger partial charge in [-0.3, -0.25) is 4.98 Å². The van der Waals surface area contributed by atoms with Crippen LogP contribution < -0.4 is 21.7 Å². The van der Waals surface area contributed by atoms with Gasteiger partial charge < -0.3 is 35.9 Å². The van der Waals surface area contributed by atoms with Crippen LogP contribution >= 0.6 is 0 Å². The molecule has 2 aromatic heterocycles. The second kappa shape index (κ2) is 13.7. The molecule has 0 aliphatic carbocycles. The Morgan fingerprint density at radius 3 is 2.45 bits per heavy atom. The third-order valence-electron chi connectivity index (χ3n) is 4.46. The van der Waals surface area contributed by atoms with E-state index in [4.69, 9.17) is 19.9 Å². The molecule has 0 amide bonds. The van der Waals surface area contributed by atoms with Crippen LogP contribution in [0.15, 0.2) is 24.4 Å². The van der Waals surface area contributed by atoms with Crippen molar-refractivity contribution in [2.24, 2.45) is 5.73 Å². The number of hydrogen-bond donors (Lipinski definition) is 4. The minimum Gasteiger partial charge on any atom is -0.378 e. The molecule has 5 N–H and O–H groups in total. The van der Waals surface area contributed by atoms with Crippen molar-refractivity contribution in [2.75, 3.05) is 68.6 Å². The molecule has 1 fully saturated rings. The van der Waals surface area contributed by atoms with Gasteiger partial charge in [0.2, 0.25) is 17.8 Å². The van der Waals surface area contributed by atoms with Gasteiger partial charge in [0, 0.05) is 32.4 Å². The molecule has 0 saturated carbocycles. The zero-order chi connectivity index (χ0) is 21.6. The fraction of sp³-hybridized carbons (Fsp3) is 0.600. The molecule has 1 aliphatic rings. The Balaban J connectivity index is 1.51. The molecule has 2 aromatic rings. The lowest BCUT2D eigenvalue weighted by Crippen LogP contribution is -2.21. The molecule has 3 heterocycles. The van der Waals surface area contributed by atoms with Crippen LogP contribution in [0.25, 0.3) is 0 Å². The Morgan fingerprint density at radius 2 is 1.74 bits per heavy atom. The topological polar surface area (TPSA) is 141 Å². The standard InChI is InChI=1S/C20H32N8O3/c21-6-10-29-12-13-30-11-8-23-18-26-19(24-14-16-4-1-2-7-22-16)28-20(27-18)25-15-17-5-3-9-31-17/h1-2,4,7,17H,3,5-6,8-15,21H2,(H3,23,24,25,26,27,28). The third kappa shape index (κ3) is 8.97. The highest BCUT2D eigenvalue weighted by Crippen LogP contribution is 2.14. The molecule has 1 saturated heterocycles. The monoisotopic (exact) mass is 432 g/mol. The first kappa shape index (κ1) is 23.1. The van der Waals surface area contributed by atoms with Gasteiger partial charge in [0.1, 0.15) is 0 Å². The fourth-order valence-electron chi connectivity index (χ4n) is 2.94. The summed E-state index contributed by atoms with van der Waals surface area (Å²) in [6, 6.07) is 5.77. The summed E-state index contributed by atoms with van der Waals surface area (Å²) in [7, 11) is 0. The molecule has 1 atom stereocenters. The quantitative estimate of drug-likeness (QED) is 0.298. The zero-order valence-corrected chi connectivity index (χ0v) is 17.8. The van der Waals surface area contributed by atoms with Gasteiger partial charge in [-0.1, -0.05) is 6.07 Å². The van der Waals surface area contributed by atoms with Crippen molar-refractivity contribution in [1.29, 1.82) is 0 Å². The average Bonchev–Trinajstić information content (AvgIpc) is 3.33. The van der Waals surface area contributed by atoms with Crippen LogP contribution in [0, 0.1) is 0 Å². The highest BCUT2D eigenvalue weighted by Gasteiger charge is 2.16. The van der Waals surface area contributed by atoms with Gasteiger partial charge in [-0.05, 0) is 25.0 Å². The summed E-state index contributed by atoms with van der Waals surface area (Å²) < 4.78 is 16.5. The normalized spacial score (nSPS) is 15.7. The first-order valence-corrected chi connectivity index (χ1v) is 10.7. The summed E-state index contributed by atoms with van der Waals surface area (Å²) in [5, 5.41) is 9.64. The Bertz CT molecular complexity index is 746. The first-order chi connectivity index (χ1) is 15.3. The van der Waals surface area contributed by atoms with Crippen molar-refractivity contribution in [3.05, 3.63) is 30.1 Å². The lowest BCUT2D eigenvalue weighted by atomic mass is 10.2. The number of anilines is 3. The zero-order valence-electron chi connectivity index (χ0n) is 17.8. The highest BCUT2D eigenvalue weighted by atomic mass is 16.5. The van der Waals surface area contributed by atoms with Crippen molar-refractivity contribution in [3.63, 3.8) is 0 Å². The summed E-state index contributed by atoms with van der Waals surface area (Å²) >= 11 is 0. The number of hydrogen-bond acceptors (Lipinski definition) is 11. The fourth-order valence-corrected chi connectivity index (χ4v) is 2.94. The van der Waals surface area contributed by atoms with E-state index in [9.17, 15) is 0 Å². The Hall–Kier alpha value is -2.60. The molecule has 11 nitrogen and oxygen atoms in total.